The standard InChI is InChI=1S/C28H32N4O3/c1-17(15-29)25-21(13-19-7-9-30-26(19)31-25)20-12-18-8-11-34-16-23(18)22(14-20)24-6-5-10-32(24)35-27(33)28(2,3)4/h7,9,12-14,17,24H,5-6,8,10-11,16H2,1-4H3,(H,30,31)/t17?,24-/m0/s1. The summed E-state index contributed by atoms with van der Waals surface area (Å²) in [6, 6.07) is 10.9. The molecule has 2 aliphatic rings. The van der Waals surface area contributed by atoms with E-state index in [2.05, 4.69) is 29.3 Å². The average Bonchev–Trinajstić information content (AvgIpc) is 3.50. The van der Waals surface area contributed by atoms with Crippen LogP contribution in [-0.2, 0) is 27.4 Å². The average molecular weight is 473 g/mol. The van der Waals surface area contributed by atoms with Gasteiger partial charge in [0, 0.05) is 23.7 Å². The smallest absolute Gasteiger partial charge is 0.330 e. The lowest BCUT2D eigenvalue weighted by Crippen LogP contribution is -2.33. The van der Waals surface area contributed by atoms with Crippen molar-refractivity contribution in [2.75, 3.05) is 13.2 Å². The van der Waals surface area contributed by atoms with E-state index in [4.69, 9.17) is 14.6 Å². The second-order valence-corrected chi connectivity index (χ2v) is 10.6. The maximum absolute atomic E-state index is 12.7. The molecule has 5 rings (SSSR count). The van der Waals surface area contributed by atoms with Gasteiger partial charge in [0.25, 0.3) is 0 Å². The van der Waals surface area contributed by atoms with Gasteiger partial charge in [-0.05, 0) is 87.4 Å². The third kappa shape index (κ3) is 4.44. The Labute approximate surface area is 206 Å². The van der Waals surface area contributed by atoms with Crippen LogP contribution < -0.4 is 0 Å². The van der Waals surface area contributed by atoms with E-state index in [1.807, 2.05) is 45.0 Å². The molecule has 0 radical (unpaired) electrons. The number of carbonyl (C=O) groups excluding carboxylic acids is 1. The number of aromatic nitrogens is 2. The van der Waals surface area contributed by atoms with Gasteiger partial charge in [0.05, 0.1) is 42.4 Å². The predicted octanol–water partition coefficient (Wildman–Crippen LogP) is 5.57. The van der Waals surface area contributed by atoms with Crippen molar-refractivity contribution in [1.82, 2.24) is 15.0 Å². The lowest BCUT2D eigenvalue weighted by atomic mass is 9.87. The van der Waals surface area contributed by atoms with Gasteiger partial charge in [-0.3, -0.25) is 0 Å². The summed E-state index contributed by atoms with van der Waals surface area (Å²) in [6.45, 7) is 9.45. The monoisotopic (exact) mass is 472 g/mol. The number of nitrogens with one attached hydrogen (secondary N) is 1. The molecule has 1 aromatic carbocycles. The molecular formula is C28H32N4O3. The Kier molecular flexibility index (Phi) is 6.12. The summed E-state index contributed by atoms with van der Waals surface area (Å²) < 4.78 is 5.85. The molecule has 3 aromatic rings. The van der Waals surface area contributed by atoms with Crippen LogP contribution in [0.4, 0.5) is 0 Å². The highest BCUT2D eigenvalue weighted by Gasteiger charge is 2.35. The van der Waals surface area contributed by atoms with Crippen molar-refractivity contribution in [3.8, 4) is 17.2 Å². The van der Waals surface area contributed by atoms with E-state index in [0.29, 0.717) is 19.8 Å². The highest BCUT2D eigenvalue weighted by Crippen LogP contribution is 2.41. The Balaban J connectivity index is 1.63. The number of nitriles is 1. The molecule has 0 aliphatic carbocycles. The molecule has 2 aromatic heterocycles. The minimum Gasteiger partial charge on any atom is -0.376 e. The molecule has 1 fully saturated rings. The number of pyridine rings is 1. The van der Waals surface area contributed by atoms with Crippen LogP contribution in [0.5, 0.6) is 0 Å². The van der Waals surface area contributed by atoms with Crippen molar-refractivity contribution < 1.29 is 14.4 Å². The quantitative estimate of drug-likeness (QED) is 0.534. The lowest BCUT2D eigenvalue weighted by molar-refractivity contribution is -0.205. The van der Waals surface area contributed by atoms with Crippen molar-refractivity contribution in [2.24, 2.45) is 5.41 Å². The zero-order valence-electron chi connectivity index (χ0n) is 20.9. The number of benzene rings is 1. The van der Waals surface area contributed by atoms with Gasteiger partial charge in [-0.1, -0.05) is 6.07 Å². The van der Waals surface area contributed by atoms with Crippen molar-refractivity contribution >= 4 is 17.0 Å². The van der Waals surface area contributed by atoms with E-state index in [1.54, 1.807) is 0 Å². The molecule has 2 atom stereocenters. The van der Waals surface area contributed by atoms with Gasteiger partial charge in [-0.25, -0.2) is 9.78 Å². The van der Waals surface area contributed by atoms with Gasteiger partial charge < -0.3 is 14.6 Å². The van der Waals surface area contributed by atoms with Gasteiger partial charge in [0.15, 0.2) is 0 Å². The molecule has 0 saturated carbocycles. The first-order chi connectivity index (χ1) is 16.8. The molecule has 0 spiro atoms. The van der Waals surface area contributed by atoms with Gasteiger partial charge in [0.2, 0.25) is 0 Å². The number of ether oxygens (including phenoxy) is 1. The summed E-state index contributed by atoms with van der Waals surface area (Å²) in [6.07, 6.45) is 4.56. The fourth-order valence-corrected chi connectivity index (χ4v) is 4.99. The lowest BCUT2D eigenvalue weighted by Gasteiger charge is -2.30. The Morgan fingerprint density at radius 1 is 1.34 bits per heavy atom. The normalized spacial score (nSPS) is 19.3. The van der Waals surface area contributed by atoms with Crippen LogP contribution in [0.3, 0.4) is 0 Å². The topological polar surface area (TPSA) is 91.2 Å². The minimum absolute atomic E-state index is 0.0301. The Morgan fingerprint density at radius 3 is 2.94 bits per heavy atom. The number of aromatic amines is 1. The summed E-state index contributed by atoms with van der Waals surface area (Å²) in [7, 11) is 0. The van der Waals surface area contributed by atoms with Crippen LogP contribution in [0.25, 0.3) is 22.2 Å². The number of hydrogen-bond acceptors (Lipinski definition) is 6. The Hall–Kier alpha value is -3.21. The van der Waals surface area contributed by atoms with Gasteiger partial charge >= 0.3 is 5.97 Å². The van der Waals surface area contributed by atoms with E-state index in [1.165, 1.54) is 11.1 Å². The van der Waals surface area contributed by atoms with Crippen LogP contribution >= 0.6 is 0 Å². The number of rotatable bonds is 4. The molecule has 1 unspecified atom stereocenters. The number of fused-ring (bicyclic) bond motifs is 2. The maximum Gasteiger partial charge on any atom is 0.330 e. The SMILES string of the molecule is CC(C#N)c1nc2[nH]ccc2cc1-c1cc2c(c([C@@H]3CCCN3OC(=O)C(C)(C)C)c1)COCC2. The Bertz CT molecular complexity index is 1310. The zero-order chi connectivity index (χ0) is 24.7. The summed E-state index contributed by atoms with van der Waals surface area (Å²) in [5, 5.41) is 12.6. The molecular weight excluding hydrogens is 440 g/mol. The Morgan fingerprint density at radius 2 is 2.17 bits per heavy atom. The molecule has 0 amide bonds. The van der Waals surface area contributed by atoms with Crippen molar-refractivity contribution in [3.05, 3.63) is 52.8 Å². The molecule has 0 bridgehead atoms. The number of hydroxylamine groups is 2. The number of hydrogen-bond donors (Lipinski definition) is 1. The third-order valence-corrected chi connectivity index (χ3v) is 6.99. The summed E-state index contributed by atoms with van der Waals surface area (Å²) in [5.74, 6) is -0.575. The molecule has 182 valence electrons. The van der Waals surface area contributed by atoms with Crippen LogP contribution in [0, 0.1) is 16.7 Å². The van der Waals surface area contributed by atoms with E-state index < -0.39 is 5.41 Å². The number of H-pyrrole nitrogens is 1. The highest BCUT2D eigenvalue weighted by atomic mass is 16.7. The molecule has 7 nitrogen and oxygen atoms in total. The molecule has 7 heteroatoms. The van der Waals surface area contributed by atoms with Crippen molar-refractivity contribution in [2.45, 2.75) is 65.5 Å². The van der Waals surface area contributed by atoms with Gasteiger partial charge in [-0.15, -0.1) is 5.06 Å². The molecule has 35 heavy (non-hydrogen) atoms. The third-order valence-electron chi connectivity index (χ3n) is 6.99. The van der Waals surface area contributed by atoms with Crippen LogP contribution in [0.2, 0.25) is 0 Å². The van der Waals surface area contributed by atoms with E-state index in [-0.39, 0.29) is 17.9 Å². The second-order valence-electron chi connectivity index (χ2n) is 10.6. The van der Waals surface area contributed by atoms with E-state index >= 15 is 0 Å². The first-order valence-corrected chi connectivity index (χ1v) is 12.4. The molecule has 1 saturated heterocycles. The zero-order valence-corrected chi connectivity index (χ0v) is 20.9. The molecule has 4 heterocycles. The van der Waals surface area contributed by atoms with Crippen molar-refractivity contribution in [3.63, 3.8) is 0 Å². The predicted molar refractivity (Wildman–Crippen MR) is 133 cm³/mol. The van der Waals surface area contributed by atoms with Crippen molar-refractivity contribution in [1.29, 1.82) is 5.26 Å². The highest BCUT2D eigenvalue weighted by molar-refractivity contribution is 5.84. The number of carbonyl (C=O) groups is 1. The van der Waals surface area contributed by atoms with Crippen LogP contribution in [0.1, 0.15) is 74.9 Å². The van der Waals surface area contributed by atoms with Crippen LogP contribution in [-0.4, -0.2) is 34.2 Å². The fraction of sp³-hybridized carbons (Fsp3) is 0.464. The minimum atomic E-state index is -0.572. The van der Waals surface area contributed by atoms with E-state index in [9.17, 15) is 10.1 Å². The van der Waals surface area contributed by atoms with Crippen LogP contribution in [0.15, 0.2) is 30.5 Å². The van der Waals surface area contributed by atoms with Gasteiger partial charge in [0.1, 0.15) is 5.65 Å². The molecule has 1 N–H and O–H groups in total. The molecule has 2 aliphatic heterocycles. The summed E-state index contributed by atoms with van der Waals surface area (Å²) in [4.78, 5) is 26.6. The first-order valence-electron chi connectivity index (χ1n) is 12.4. The largest absolute Gasteiger partial charge is 0.376 e. The van der Waals surface area contributed by atoms with Gasteiger partial charge in [-0.2, -0.15) is 5.26 Å². The second kappa shape index (κ2) is 9.10. The number of nitrogens with zero attached hydrogens (tertiary/aromatic N) is 3. The maximum atomic E-state index is 12.7. The first kappa shape index (κ1) is 23.5. The summed E-state index contributed by atoms with van der Waals surface area (Å²) in [5.41, 5.74) is 6.58. The fourth-order valence-electron chi connectivity index (χ4n) is 4.99. The van der Waals surface area contributed by atoms with E-state index in [0.717, 1.165) is 52.7 Å². The summed E-state index contributed by atoms with van der Waals surface area (Å²) >= 11 is 0.